The first-order chi connectivity index (χ1) is 10.3. The van der Waals surface area contributed by atoms with Crippen LogP contribution >= 0.6 is 0 Å². The molecule has 3 heteroatoms. The van der Waals surface area contributed by atoms with E-state index in [2.05, 4.69) is 28.5 Å². The molecule has 3 nitrogen and oxygen atoms in total. The molecule has 1 aromatic heterocycles. The second kappa shape index (κ2) is 6.54. The number of hydrogen-bond donors (Lipinski definition) is 2. The average molecular weight is 284 g/mol. The number of hydrogen-bond acceptors (Lipinski definition) is 3. The van der Waals surface area contributed by atoms with Gasteiger partial charge in [-0.1, -0.05) is 49.9 Å². The van der Waals surface area contributed by atoms with Gasteiger partial charge in [-0.25, -0.2) is 0 Å². The Kier molecular flexibility index (Phi) is 4.51. The van der Waals surface area contributed by atoms with Gasteiger partial charge in [0, 0.05) is 30.9 Å². The van der Waals surface area contributed by atoms with Crippen molar-refractivity contribution in [2.45, 2.75) is 50.7 Å². The van der Waals surface area contributed by atoms with Gasteiger partial charge < -0.3 is 10.4 Å². The van der Waals surface area contributed by atoms with Crippen LogP contribution in [-0.4, -0.2) is 22.2 Å². The minimum Gasteiger partial charge on any atom is -0.389 e. The van der Waals surface area contributed by atoms with Gasteiger partial charge in [0.05, 0.1) is 5.60 Å². The van der Waals surface area contributed by atoms with E-state index in [9.17, 15) is 5.11 Å². The highest BCUT2D eigenvalue weighted by Gasteiger charge is 2.27. The summed E-state index contributed by atoms with van der Waals surface area (Å²) < 4.78 is 0. The monoisotopic (exact) mass is 284 g/mol. The number of nitrogens with zero attached hydrogens (tertiary/aromatic N) is 1. The van der Waals surface area contributed by atoms with Gasteiger partial charge >= 0.3 is 0 Å². The maximum absolute atomic E-state index is 10.7. The van der Waals surface area contributed by atoms with Crippen LogP contribution in [0.2, 0.25) is 0 Å². The Morgan fingerprint density at radius 1 is 1.05 bits per heavy atom. The zero-order valence-corrected chi connectivity index (χ0v) is 12.5. The predicted octanol–water partition coefficient (Wildman–Crippen LogP) is 3.41. The van der Waals surface area contributed by atoms with Crippen LogP contribution in [0.25, 0.3) is 10.8 Å². The molecule has 1 fully saturated rings. The van der Waals surface area contributed by atoms with E-state index in [0.29, 0.717) is 6.54 Å². The molecule has 2 aromatic rings. The highest BCUT2D eigenvalue weighted by atomic mass is 16.3. The maximum atomic E-state index is 10.7. The molecule has 0 bridgehead atoms. The Labute approximate surface area is 126 Å². The van der Waals surface area contributed by atoms with Crippen molar-refractivity contribution in [1.82, 2.24) is 10.3 Å². The zero-order chi connectivity index (χ0) is 14.5. The van der Waals surface area contributed by atoms with E-state index < -0.39 is 5.60 Å². The molecule has 1 aliphatic carbocycles. The Balaban J connectivity index is 1.64. The molecule has 112 valence electrons. The van der Waals surface area contributed by atoms with Crippen molar-refractivity contribution in [2.75, 3.05) is 6.54 Å². The van der Waals surface area contributed by atoms with Crippen molar-refractivity contribution in [3.8, 4) is 0 Å². The van der Waals surface area contributed by atoms with Gasteiger partial charge in [-0.05, 0) is 23.8 Å². The van der Waals surface area contributed by atoms with E-state index in [0.717, 1.165) is 32.2 Å². The molecule has 0 aliphatic heterocycles. The number of nitrogens with one attached hydrogen (secondary N) is 1. The summed E-state index contributed by atoms with van der Waals surface area (Å²) in [7, 11) is 0. The largest absolute Gasteiger partial charge is 0.389 e. The van der Waals surface area contributed by atoms with Crippen molar-refractivity contribution in [3.05, 3.63) is 42.2 Å². The molecule has 3 rings (SSSR count). The molecular formula is C18H24N2O. The number of fused-ring (bicyclic) bond motifs is 1. The predicted molar refractivity (Wildman–Crippen MR) is 86.1 cm³/mol. The molecule has 1 heterocycles. The fourth-order valence-corrected chi connectivity index (χ4v) is 3.31. The van der Waals surface area contributed by atoms with E-state index in [4.69, 9.17) is 0 Å². The van der Waals surface area contributed by atoms with E-state index >= 15 is 0 Å². The van der Waals surface area contributed by atoms with E-state index in [-0.39, 0.29) is 0 Å². The van der Waals surface area contributed by atoms with Gasteiger partial charge in [0.25, 0.3) is 0 Å². The van der Waals surface area contributed by atoms with E-state index in [1.54, 1.807) is 0 Å². The summed E-state index contributed by atoms with van der Waals surface area (Å²) >= 11 is 0. The summed E-state index contributed by atoms with van der Waals surface area (Å²) in [6.07, 6.45) is 10.5. The fourth-order valence-electron chi connectivity index (χ4n) is 3.31. The zero-order valence-electron chi connectivity index (χ0n) is 12.5. The van der Waals surface area contributed by atoms with Crippen molar-refractivity contribution in [3.63, 3.8) is 0 Å². The third-order valence-electron chi connectivity index (χ3n) is 4.55. The Morgan fingerprint density at radius 3 is 2.62 bits per heavy atom. The molecule has 0 spiro atoms. The molecule has 0 atom stereocenters. The highest BCUT2D eigenvalue weighted by molar-refractivity contribution is 5.84. The Hall–Kier alpha value is -1.45. The first-order valence-corrected chi connectivity index (χ1v) is 8.02. The topological polar surface area (TPSA) is 45.1 Å². The van der Waals surface area contributed by atoms with Crippen molar-refractivity contribution >= 4 is 10.8 Å². The third kappa shape index (κ3) is 3.60. The lowest BCUT2D eigenvalue weighted by atomic mass is 9.94. The SMILES string of the molecule is OC1(CNCc2cncc3ccccc23)CCCCCC1. The standard InChI is InChI=1S/C18H24N2O/c21-18(9-5-1-2-6-10-18)14-20-13-16-12-19-11-15-7-3-4-8-17(15)16/h3-4,7-8,11-12,20-21H,1-2,5-6,9-10,13-14H2. The highest BCUT2D eigenvalue weighted by Crippen LogP contribution is 2.26. The van der Waals surface area contributed by atoms with Gasteiger partial charge in [0.2, 0.25) is 0 Å². The third-order valence-corrected chi connectivity index (χ3v) is 4.55. The normalized spacial score (nSPS) is 18.5. The van der Waals surface area contributed by atoms with Crippen molar-refractivity contribution in [2.24, 2.45) is 0 Å². The summed E-state index contributed by atoms with van der Waals surface area (Å²) in [6.45, 7) is 1.44. The second-order valence-corrected chi connectivity index (χ2v) is 6.26. The number of rotatable bonds is 4. The van der Waals surface area contributed by atoms with Gasteiger partial charge in [0.15, 0.2) is 0 Å². The lowest BCUT2D eigenvalue weighted by Crippen LogP contribution is -2.39. The molecular weight excluding hydrogens is 260 g/mol. The number of aliphatic hydroxyl groups is 1. The molecule has 0 radical (unpaired) electrons. The van der Waals surface area contributed by atoms with Crippen LogP contribution in [0.15, 0.2) is 36.7 Å². The van der Waals surface area contributed by atoms with Crippen LogP contribution in [0, 0.1) is 0 Å². The summed E-state index contributed by atoms with van der Waals surface area (Å²) in [5.74, 6) is 0. The smallest absolute Gasteiger partial charge is 0.0771 e. The lowest BCUT2D eigenvalue weighted by Gasteiger charge is -2.27. The number of aromatic nitrogens is 1. The molecule has 0 amide bonds. The van der Waals surface area contributed by atoms with Crippen molar-refractivity contribution < 1.29 is 5.11 Å². The first kappa shape index (κ1) is 14.5. The molecule has 0 saturated heterocycles. The fraction of sp³-hybridized carbons (Fsp3) is 0.500. The quantitative estimate of drug-likeness (QED) is 0.846. The summed E-state index contributed by atoms with van der Waals surface area (Å²) in [5, 5.41) is 16.5. The van der Waals surface area contributed by atoms with Gasteiger partial charge in [0.1, 0.15) is 0 Å². The number of pyridine rings is 1. The Bertz CT molecular complexity index is 583. The number of benzene rings is 1. The summed E-state index contributed by atoms with van der Waals surface area (Å²) in [4.78, 5) is 4.31. The first-order valence-electron chi connectivity index (χ1n) is 8.02. The van der Waals surface area contributed by atoms with Gasteiger partial charge in [-0.15, -0.1) is 0 Å². The van der Waals surface area contributed by atoms with E-state index in [1.165, 1.54) is 29.2 Å². The average Bonchev–Trinajstić information content (AvgIpc) is 2.73. The molecule has 1 saturated carbocycles. The van der Waals surface area contributed by atoms with E-state index in [1.807, 2.05) is 18.5 Å². The second-order valence-electron chi connectivity index (χ2n) is 6.26. The minimum absolute atomic E-state index is 0.519. The summed E-state index contributed by atoms with van der Waals surface area (Å²) in [6, 6.07) is 8.32. The van der Waals surface area contributed by atoms with Crippen LogP contribution in [0.5, 0.6) is 0 Å². The molecule has 1 aromatic carbocycles. The minimum atomic E-state index is -0.519. The van der Waals surface area contributed by atoms with Crippen LogP contribution in [0.1, 0.15) is 44.1 Å². The molecule has 2 N–H and O–H groups in total. The maximum Gasteiger partial charge on any atom is 0.0771 e. The molecule has 1 aliphatic rings. The lowest BCUT2D eigenvalue weighted by molar-refractivity contribution is 0.0250. The van der Waals surface area contributed by atoms with Crippen molar-refractivity contribution in [1.29, 1.82) is 0 Å². The Morgan fingerprint density at radius 2 is 1.81 bits per heavy atom. The van der Waals surface area contributed by atoms with Gasteiger partial charge in [-0.3, -0.25) is 4.98 Å². The van der Waals surface area contributed by atoms with Crippen LogP contribution in [-0.2, 0) is 6.54 Å². The van der Waals surface area contributed by atoms with Crippen LogP contribution in [0.4, 0.5) is 0 Å². The van der Waals surface area contributed by atoms with Gasteiger partial charge in [-0.2, -0.15) is 0 Å². The van der Waals surface area contributed by atoms with Crippen LogP contribution in [0.3, 0.4) is 0 Å². The molecule has 0 unspecified atom stereocenters. The van der Waals surface area contributed by atoms with Crippen LogP contribution < -0.4 is 5.32 Å². The summed E-state index contributed by atoms with van der Waals surface area (Å²) in [5.41, 5.74) is 0.680. The molecule has 21 heavy (non-hydrogen) atoms.